The van der Waals surface area contributed by atoms with Crippen molar-refractivity contribution in [1.29, 1.82) is 0 Å². The average Bonchev–Trinajstić information content (AvgIpc) is 2.46. The number of carbonyl (C=O) groups excluding carboxylic acids is 1. The Morgan fingerprint density at radius 3 is 2.65 bits per heavy atom. The summed E-state index contributed by atoms with van der Waals surface area (Å²) in [5.74, 6) is 5.68. The summed E-state index contributed by atoms with van der Waals surface area (Å²) in [5, 5.41) is 0. The van der Waals surface area contributed by atoms with Crippen LogP contribution < -0.4 is 16.0 Å². The van der Waals surface area contributed by atoms with Crippen LogP contribution in [0.4, 0.5) is 0 Å². The normalized spacial score (nSPS) is 10.2. The molecular formula is C16H18N2O2. The van der Waals surface area contributed by atoms with Crippen LogP contribution in [0.2, 0.25) is 0 Å². The van der Waals surface area contributed by atoms with Crippen molar-refractivity contribution in [1.82, 2.24) is 5.43 Å². The van der Waals surface area contributed by atoms with Crippen LogP contribution in [-0.2, 0) is 6.61 Å². The number of carbonyl (C=O) groups is 1. The third-order valence-electron chi connectivity index (χ3n) is 3.11. The molecule has 2 aromatic rings. The molecule has 0 saturated carbocycles. The van der Waals surface area contributed by atoms with E-state index in [4.69, 9.17) is 10.6 Å². The highest BCUT2D eigenvalue weighted by atomic mass is 16.5. The van der Waals surface area contributed by atoms with E-state index in [1.807, 2.05) is 38.1 Å². The minimum atomic E-state index is -0.315. The van der Waals surface area contributed by atoms with Crippen molar-refractivity contribution in [3.63, 3.8) is 0 Å². The second-order valence-electron chi connectivity index (χ2n) is 4.69. The average molecular weight is 270 g/mol. The Morgan fingerprint density at radius 1 is 1.20 bits per heavy atom. The van der Waals surface area contributed by atoms with Crippen molar-refractivity contribution < 1.29 is 9.53 Å². The van der Waals surface area contributed by atoms with Crippen LogP contribution in [0.5, 0.6) is 5.75 Å². The fourth-order valence-electron chi connectivity index (χ4n) is 2.06. The van der Waals surface area contributed by atoms with Crippen LogP contribution in [0.25, 0.3) is 0 Å². The largest absolute Gasteiger partial charge is 0.489 e. The number of rotatable bonds is 4. The van der Waals surface area contributed by atoms with Gasteiger partial charge in [-0.05, 0) is 31.5 Å². The molecule has 1 amide bonds. The van der Waals surface area contributed by atoms with Gasteiger partial charge in [-0.2, -0.15) is 0 Å². The monoisotopic (exact) mass is 270 g/mol. The van der Waals surface area contributed by atoms with Gasteiger partial charge in [0.05, 0.1) is 0 Å². The van der Waals surface area contributed by atoms with Gasteiger partial charge in [-0.1, -0.05) is 35.9 Å². The first kappa shape index (κ1) is 14.1. The summed E-state index contributed by atoms with van der Waals surface area (Å²) in [6, 6.07) is 13.3. The lowest BCUT2D eigenvalue weighted by atomic mass is 10.1. The molecule has 0 saturated heterocycles. The highest BCUT2D eigenvalue weighted by molar-refractivity contribution is 5.95. The molecule has 20 heavy (non-hydrogen) atoms. The van der Waals surface area contributed by atoms with Crippen LogP contribution in [-0.4, -0.2) is 5.91 Å². The molecule has 4 heteroatoms. The minimum absolute atomic E-state index is 0.315. The molecule has 2 aromatic carbocycles. The number of amides is 1. The Morgan fingerprint density at radius 2 is 1.95 bits per heavy atom. The molecule has 0 radical (unpaired) electrons. The van der Waals surface area contributed by atoms with Crippen molar-refractivity contribution in [3.8, 4) is 5.75 Å². The van der Waals surface area contributed by atoms with E-state index in [9.17, 15) is 4.79 Å². The minimum Gasteiger partial charge on any atom is -0.489 e. The Hall–Kier alpha value is -2.33. The third kappa shape index (κ3) is 3.16. The Bertz CT molecular complexity index is 624. The number of nitrogens with two attached hydrogens (primary N) is 1. The number of hydrazine groups is 1. The lowest BCUT2D eigenvalue weighted by molar-refractivity contribution is 0.0951. The lowest BCUT2D eigenvalue weighted by Crippen LogP contribution is -2.30. The van der Waals surface area contributed by atoms with E-state index >= 15 is 0 Å². The lowest BCUT2D eigenvalue weighted by Gasteiger charge is -2.12. The second kappa shape index (κ2) is 6.21. The summed E-state index contributed by atoms with van der Waals surface area (Å²) >= 11 is 0. The van der Waals surface area contributed by atoms with Crippen molar-refractivity contribution >= 4 is 5.91 Å². The van der Waals surface area contributed by atoms with Gasteiger partial charge in [-0.3, -0.25) is 10.2 Å². The fraction of sp³-hybridized carbons (Fsp3) is 0.188. The Labute approximate surface area is 118 Å². The van der Waals surface area contributed by atoms with Crippen LogP contribution in [0.15, 0.2) is 42.5 Å². The molecular weight excluding hydrogens is 252 g/mol. The molecule has 0 unspecified atom stereocenters. The molecule has 0 fully saturated rings. The van der Waals surface area contributed by atoms with Crippen molar-refractivity contribution in [2.45, 2.75) is 20.5 Å². The molecule has 104 valence electrons. The van der Waals surface area contributed by atoms with E-state index in [0.29, 0.717) is 12.2 Å². The fourth-order valence-corrected chi connectivity index (χ4v) is 2.06. The van der Waals surface area contributed by atoms with Gasteiger partial charge in [0.25, 0.3) is 5.91 Å². The van der Waals surface area contributed by atoms with Gasteiger partial charge in [0, 0.05) is 11.1 Å². The smallest absolute Gasteiger partial charge is 0.265 e. The van der Waals surface area contributed by atoms with Crippen molar-refractivity contribution in [2.75, 3.05) is 0 Å². The van der Waals surface area contributed by atoms with Crippen molar-refractivity contribution in [3.05, 3.63) is 64.7 Å². The Kier molecular flexibility index (Phi) is 4.38. The molecule has 0 heterocycles. The molecule has 4 nitrogen and oxygen atoms in total. The third-order valence-corrected chi connectivity index (χ3v) is 3.11. The zero-order valence-electron chi connectivity index (χ0n) is 11.6. The topological polar surface area (TPSA) is 64.3 Å². The number of benzene rings is 2. The summed E-state index contributed by atoms with van der Waals surface area (Å²) in [6.07, 6.45) is 0. The molecule has 0 aliphatic heterocycles. The van der Waals surface area contributed by atoms with Gasteiger partial charge in [0.2, 0.25) is 0 Å². The predicted molar refractivity (Wildman–Crippen MR) is 78.3 cm³/mol. The van der Waals surface area contributed by atoms with Crippen LogP contribution in [0, 0.1) is 13.8 Å². The molecule has 3 N–H and O–H groups in total. The zero-order chi connectivity index (χ0) is 14.5. The van der Waals surface area contributed by atoms with Gasteiger partial charge >= 0.3 is 0 Å². The summed E-state index contributed by atoms with van der Waals surface area (Å²) in [7, 11) is 0. The Balaban J connectivity index is 2.17. The van der Waals surface area contributed by atoms with Crippen LogP contribution in [0.3, 0.4) is 0 Å². The molecule has 0 aliphatic carbocycles. The zero-order valence-corrected chi connectivity index (χ0v) is 11.6. The number of hydrogen-bond acceptors (Lipinski definition) is 3. The highest BCUT2D eigenvalue weighted by Crippen LogP contribution is 2.20. The van der Waals surface area contributed by atoms with Gasteiger partial charge in [0.1, 0.15) is 12.4 Å². The maximum Gasteiger partial charge on any atom is 0.265 e. The van der Waals surface area contributed by atoms with E-state index < -0.39 is 0 Å². The van der Waals surface area contributed by atoms with Gasteiger partial charge in [-0.25, -0.2) is 5.84 Å². The summed E-state index contributed by atoms with van der Waals surface area (Å²) in [5.41, 5.74) is 5.74. The summed E-state index contributed by atoms with van der Waals surface area (Å²) in [4.78, 5) is 11.7. The standard InChI is InChI=1S/C16H18N2O2/c1-11-7-8-15(12(2)9-11)20-10-13-5-3-4-6-14(13)16(19)18-17/h3-9H,10,17H2,1-2H3,(H,18,19). The molecule has 0 spiro atoms. The van der Waals surface area contributed by atoms with Crippen LogP contribution in [0.1, 0.15) is 27.0 Å². The number of ether oxygens (including phenoxy) is 1. The highest BCUT2D eigenvalue weighted by Gasteiger charge is 2.10. The van der Waals surface area contributed by atoms with Crippen LogP contribution >= 0.6 is 0 Å². The first-order valence-corrected chi connectivity index (χ1v) is 6.40. The SMILES string of the molecule is Cc1ccc(OCc2ccccc2C(=O)NN)c(C)c1. The van der Waals surface area contributed by atoms with E-state index in [-0.39, 0.29) is 5.91 Å². The number of nitrogen functional groups attached to an aromatic ring is 1. The number of aryl methyl sites for hydroxylation is 2. The van der Waals surface area contributed by atoms with E-state index in [1.54, 1.807) is 12.1 Å². The first-order valence-electron chi connectivity index (χ1n) is 6.40. The first-order chi connectivity index (χ1) is 9.61. The van der Waals surface area contributed by atoms with Gasteiger partial charge < -0.3 is 4.74 Å². The number of nitrogens with one attached hydrogen (secondary N) is 1. The quantitative estimate of drug-likeness (QED) is 0.509. The molecule has 0 aromatic heterocycles. The van der Waals surface area contributed by atoms with Gasteiger partial charge in [-0.15, -0.1) is 0 Å². The molecule has 0 aliphatic rings. The summed E-state index contributed by atoms with van der Waals surface area (Å²) in [6.45, 7) is 4.37. The van der Waals surface area contributed by atoms with E-state index in [2.05, 4.69) is 11.5 Å². The predicted octanol–water partition coefficient (Wildman–Crippen LogP) is 2.49. The summed E-state index contributed by atoms with van der Waals surface area (Å²) < 4.78 is 5.79. The molecule has 0 bridgehead atoms. The van der Waals surface area contributed by atoms with Crippen molar-refractivity contribution in [2.24, 2.45) is 5.84 Å². The second-order valence-corrected chi connectivity index (χ2v) is 4.69. The molecule has 0 atom stereocenters. The number of hydrogen-bond donors (Lipinski definition) is 2. The van der Waals surface area contributed by atoms with E-state index in [0.717, 1.165) is 16.9 Å². The maximum atomic E-state index is 11.7. The van der Waals surface area contributed by atoms with Gasteiger partial charge in [0.15, 0.2) is 0 Å². The molecule has 2 rings (SSSR count). The van der Waals surface area contributed by atoms with E-state index in [1.165, 1.54) is 5.56 Å². The maximum absolute atomic E-state index is 11.7.